The van der Waals surface area contributed by atoms with Crippen molar-refractivity contribution >= 4 is 0 Å². The fraction of sp³-hybridized carbons (Fsp3) is 0.571. The second-order valence-corrected chi connectivity index (χ2v) is 4.00. The fourth-order valence-electron chi connectivity index (χ4n) is 1.50. The number of hydrogen-bond acceptors (Lipinski definition) is 5. The maximum Gasteiger partial charge on any atom is 0.119 e. The molecule has 1 aromatic carbocycles. The lowest BCUT2D eigenvalue weighted by Gasteiger charge is -2.08. The van der Waals surface area contributed by atoms with Crippen LogP contribution in [0, 0.1) is 0 Å². The third kappa shape index (κ3) is 7.79. The molecule has 0 aromatic heterocycles. The molecule has 1 aromatic rings. The van der Waals surface area contributed by atoms with Gasteiger partial charge in [-0.05, 0) is 17.7 Å². The summed E-state index contributed by atoms with van der Waals surface area (Å²) in [5, 5.41) is 11.8. The summed E-state index contributed by atoms with van der Waals surface area (Å²) >= 11 is 0. The smallest absolute Gasteiger partial charge is 0.119 e. The molecule has 0 amide bonds. The van der Waals surface area contributed by atoms with E-state index in [1.807, 2.05) is 24.3 Å². The van der Waals surface area contributed by atoms with Crippen molar-refractivity contribution in [3.8, 4) is 5.75 Å². The van der Waals surface area contributed by atoms with Crippen molar-refractivity contribution in [2.45, 2.75) is 6.54 Å². The summed E-state index contributed by atoms with van der Waals surface area (Å²) in [5.74, 6) is 0.827. The van der Waals surface area contributed by atoms with Crippen LogP contribution in [0.4, 0.5) is 0 Å². The monoisotopic (exact) mass is 269 g/mol. The first kappa shape index (κ1) is 15.9. The van der Waals surface area contributed by atoms with E-state index in [1.54, 1.807) is 7.11 Å². The number of nitrogens with one attached hydrogen (secondary N) is 1. The summed E-state index contributed by atoms with van der Waals surface area (Å²) in [6.45, 7) is 3.77. The molecule has 0 aliphatic rings. The van der Waals surface area contributed by atoms with Crippen LogP contribution < -0.4 is 10.1 Å². The van der Waals surface area contributed by atoms with Gasteiger partial charge in [0.2, 0.25) is 0 Å². The summed E-state index contributed by atoms with van der Waals surface area (Å²) < 4.78 is 15.6. The van der Waals surface area contributed by atoms with Gasteiger partial charge in [-0.2, -0.15) is 0 Å². The molecule has 2 N–H and O–H groups in total. The van der Waals surface area contributed by atoms with E-state index in [4.69, 9.17) is 19.3 Å². The summed E-state index contributed by atoms with van der Waals surface area (Å²) in [4.78, 5) is 0. The Kier molecular flexibility index (Phi) is 9.01. The van der Waals surface area contributed by atoms with Crippen LogP contribution in [0.2, 0.25) is 0 Å². The molecule has 0 radical (unpaired) electrons. The first-order chi connectivity index (χ1) is 9.36. The lowest BCUT2D eigenvalue weighted by molar-refractivity contribution is 0.0705. The van der Waals surface area contributed by atoms with Gasteiger partial charge in [0.1, 0.15) is 12.4 Å². The third-order valence-electron chi connectivity index (χ3n) is 2.47. The Balaban J connectivity index is 2.16. The highest BCUT2D eigenvalue weighted by Gasteiger charge is 1.96. The summed E-state index contributed by atoms with van der Waals surface area (Å²) in [6, 6.07) is 7.95. The SMILES string of the molecule is COCCNCc1ccc(OCCOCCO)cc1. The van der Waals surface area contributed by atoms with Crippen LogP contribution in [0.1, 0.15) is 5.56 Å². The molecule has 5 heteroatoms. The molecular weight excluding hydrogens is 246 g/mol. The molecule has 0 aliphatic carbocycles. The second-order valence-electron chi connectivity index (χ2n) is 4.00. The number of methoxy groups -OCH3 is 1. The van der Waals surface area contributed by atoms with Crippen LogP contribution in [-0.2, 0) is 16.0 Å². The summed E-state index contributed by atoms with van der Waals surface area (Å²) in [6.07, 6.45) is 0. The van der Waals surface area contributed by atoms with E-state index < -0.39 is 0 Å². The number of rotatable bonds is 11. The Morgan fingerprint density at radius 1 is 1.05 bits per heavy atom. The molecule has 0 unspecified atom stereocenters. The average Bonchev–Trinajstić information content (AvgIpc) is 2.45. The Bertz CT molecular complexity index is 316. The second kappa shape index (κ2) is 10.8. The average molecular weight is 269 g/mol. The Morgan fingerprint density at radius 3 is 2.53 bits per heavy atom. The van der Waals surface area contributed by atoms with Crippen LogP contribution in [0.25, 0.3) is 0 Å². The van der Waals surface area contributed by atoms with E-state index in [0.29, 0.717) is 19.8 Å². The van der Waals surface area contributed by atoms with Gasteiger partial charge >= 0.3 is 0 Å². The van der Waals surface area contributed by atoms with E-state index in [1.165, 1.54) is 5.56 Å². The van der Waals surface area contributed by atoms with E-state index in [2.05, 4.69) is 5.32 Å². The van der Waals surface area contributed by atoms with Crippen molar-refractivity contribution in [1.82, 2.24) is 5.32 Å². The molecule has 0 aliphatic heterocycles. The van der Waals surface area contributed by atoms with Gasteiger partial charge in [0, 0.05) is 20.2 Å². The quantitative estimate of drug-likeness (QED) is 0.582. The van der Waals surface area contributed by atoms with Gasteiger partial charge < -0.3 is 24.6 Å². The first-order valence-corrected chi connectivity index (χ1v) is 6.47. The van der Waals surface area contributed by atoms with Gasteiger partial charge in [-0.15, -0.1) is 0 Å². The maximum atomic E-state index is 8.54. The van der Waals surface area contributed by atoms with Gasteiger partial charge in [-0.25, -0.2) is 0 Å². The van der Waals surface area contributed by atoms with Crippen LogP contribution >= 0.6 is 0 Å². The minimum atomic E-state index is 0.0464. The third-order valence-corrected chi connectivity index (χ3v) is 2.47. The summed E-state index contributed by atoms with van der Waals surface area (Å²) in [5.41, 5.74) is 1.21. The Hall–Kier alpha value is -1.14. The predicted molar refractivity (Wildman–Crippen MR) is 73.4 cm³/mol. The topological polar surface area (TPSA) is 60.0 Å². The first-order valence-electron chi connectivity index (χ1n) is 6.47. The van der Waals surface area contributed by atoms with Gasteiger partial charge in [0.25, 0.3) is 0 Å². The highest BCUT2D eigenvalue weighted by atomic mass is 16.5. The molecule has 0 saturated heterocycles. The molecule has 108 valence electrons. The van der Waals surface area contributed by atoms with Crippen LogP contribution in [-0.4, -0.2) is 51.8 Å². The van der Waals surface area contributed by atoms with Crippen LogP contribution in [0.15, 0.2) is 24.3 Å². The lowest BCUT2D eigenvalue weighted by Crippen LogP contribution is -2.18. The molecule has 0 heterocycles. The minimum absolute atomic E-state index is 0.0464. The van der Waals surface area contributed by atoms with Crippen molar-refractivity contribution < 1.29 is 19.3 Å². The molecule has 0 atom stereocenters. The Labute approximate surface area is 114 Å². The normalized spacial score (nSPS) is 10.6. The molecule has 1 rings (SSSR count). The largest absolute Gasteiger partial charge is 0.491 e. The summed E-state index contributed by atoms with van der Waals surface area (Å²) in [7, 11) is 1.69. The predicted octanol–water partition coefficient (Wildman–Crippen LogP) is 0.810. The molecular formula is C14H23NO4. The highest BCUT2D eigenvalue weighted by Crippen LogP contribution is 2.11. The molecule has 5 nitrogen and oxygen atoms in total. The van der Waals surface area contributed by atoms with Gasteiger partial charge in [0.05, 0.1) is 26.4 Å². The van der Waals surface area contributed by atoms with E-state index in [-0.39, 0.29) is 6.61 Å². The molecule has 0 saturated carbocycles. The molecule has 0 bridgehead atoms. The maximum absolute atomic E-state index is 8.54. The van der Waals surface area contributed by atoms with Crippen molar-refractivity contribution in [1.29, 1.82) is 0 Å². The van der Waals surface area contributed by atoms with Gasteiger partial charge in [-0.3, -0.25) is 0 Å². The molecule has 0 fully saturated rings. The molecule has 0 spiro atoms. The number of hydrogen-bond donors (Lipinski definition) is 2. The van der Waals surface area contributed by atoms with Crippen molar-refractivity contribution in [3.63, 3.8) is 0 Å². The number of ether oxygens (including phenoxy) is 3. The number of benzene rings is 1. The van der Waals surface area contributed by atoms with Crippen molar-refractivity contribution in [2.75, 3.05) is 46.7 Å². The molecule has 19 heavy (non-hydrogen) atoms. The van der Waals surface area contributed by atoms with Crippen LogP contribution in [0.5, 0.6) is 5.75 Å². The van der Waals surface area contributed by atoms with E-state index in [0.717, 1.165) is 25.4 Å². The number of aliphatic hydroxyl groups excluding tert-OH is 1. The highest BCUT2D eigenvalue weighted by molar-refractivity contribution is 5.27. The van der Waals surface area contributed by atoms with Gasteiger partial charge in [-0.1, -0.05) is 12.1 Å². The van der Waals surface area contributed by atoms with Gasteiger partial charge in [0.15, 0.2) is 0 Å². The van der Waals surface area contributed by atoms with Crippen molar-refractivity contribution in [2.24, 2.45) is 0 Å². The zero-order chi connectivity index (χ0) is 13.8. The zero-order valence-corrected chi connectivity index (χ0v) is 11.4. The number of aliphatic hydroxyl groups is 1. The standard InChI is InChI=1S/C14H23NO4/c1-17-8-6-15-12-13-2-4-14(5-3-13)19-11-10-18-9-7-16/h2-5,15-16H,6-12H2,1H3. The zero-order valence-electron chi connectivity index (χ0n) is 11.4. The minimum Gasteiger partial charge on any atom is -0.491 e. The van der Waals surface area contributed by atoms with E-state index >= 15 is 0 Å². The lowest BCUT2D eigenvalue weighted by atomic mass is 10.2. The van der Waals surface area contributed by atoms with E-state index in [9.17, 15) is 0 Å². The fourth-order valence-corrected chi connectivity index (χ4v) is 1.50. The van der Waals surface area contributed by atoms with Crippen LogP contribution in [0.3, 0.4) is 0 Å². The van der Waals surface area contributed by atoms with Crippen molar-refractivity contribution in [3.05, 3.63) is 29.8 Å². The Morgan fingerprint density at radius 2 is 1.84 bits per heavy atom.